The lowest BCUT2D eigenvalue weighted by molar-refractivity contribution is -0.112. The molecule has 2 N–H and O–H groups in total. The van der Waals surface area contributed by atoms with Gasteiger partial charge in [-0.3, -0.25) is 14.5 Å². The van der Waals surface area contributed by atoms with Crippen molar-refractivity contribution < 1.29 is 14.3 Å². The zero-order valence-corrected chi connectivity index (χ0v) is 17.9. The molecule has 30 heavy (non-hydrogen) atoms. The first-order chi connectivity index (χ1) is 14.6. The number of hydrogen-bond acceptors (Lipinski definition) is 5. The van der Waals surface area contributed by atoms with Gasteiger partial charge >= 0.3 is 0 Å². The summed E-state index contributed by atoms with van der Waals surface area (Å²) in [6.07, 6.45) is 1.78. The monoisotopic (exact) mass is 443 g/mol. The molecule has 0 aliphatic carbocycles. The number of nitrogens with zero attached hydrogens (tertiary/aromatic N) is 1. The molecule has 4 rings (SSSR count). The molecule has 156 valence electrons. The number of halogens is 1. The third-order valence-corrected chi connectivity index (χ3v) is 6.39. The Hall–Kier alpha value is -2.32. The second-order valence-corrected chi connectivity index (χ2v) is 8.50. The first kappa shape index (κ1) is 20.9. The van der Waals surface area contributed by atoms with Crippen molar-refractivity contribution in [3.05, 3.63) is 63.5 Å². The van der Waals surface area contributed by atoms with E-state index in [-0.39, 0.29) is 11.8 Å². The maximum Gasteiger partial charge on any atom is 0.262 e. The van der Waals surface area contributed by atoms with Crippen LogP contribution >= 0.6 is 23.4 Å². The van der Waals surface area contributed by atoms with Crippen molar-refractivity contribution >= 4 is 46.9 Å². The lowest BCUT2D eigenvalue weighted by atomic mass is 10.1. The fraction of sp³-hybridized carbons (Fsp3) is 0.273. The van der Waals surface area contributed by atoms with E-state index in [1.807, 2.05) is 24.3 Å². The number of amides is 2. The van der Waals surface area contributed by atoms with E-state index in [4.69, 9.17) is 16.3 Å². The maximum absolute atomic E-state index is 12.5. The highest BCUT2D eigenvalue weighted by Gasteiger charge is 2.22. The largest absolute Gasteiger partial charge is 0.379 e. The zero-order valence-electron chi connectivity index (χ0n) is 16.3. The van der Waals surface area contributed by atoms with Crippen LogP contribution in [0.5, 0.6) is 0 Å². The molecule has 0 aromatic heterocycles. The fourth-order valence-electron chi connectivity index (χ4n) is 3.29. The number of thioether (sulfide) groups is 1. The van der Waals surface area contributed by atoms with Gasteiger partial charge in [-0.05, 0) is 35.9 Å². The zero-order chi connectivity index (χ0) is 20.9. The Balaban J connectivity index is 1.40. The molecular formula is C22H22ClN3O3S. The average molecular weight is 444 g/mol. The van der Waals surface area contributed by atoms with Crippen LogP contribution in [0.1, 0.15) is 15.9 Å². The topological polar surface area (TPSA) is 70.7 Å². The highest BCUT2D eigenvalue weighted by atomic mass is 35.5. The van der Waals surface area contributed by atoms with Crippen molar-refractivity contribution in [2.45, 2.75) is 4.90 Å². The summed E-state index contributed by atoms with van der Waals surface area (Å²) in [6, 6.07) is 12.7. The van der Waals surface area contributed by atoms with E-state index in [1.165, 1.54) is 11.8 Å². The highest BCUT2D eigenvalue weighted by Crippen LogP contribution is 2.39. The number of carbonyl (C=O) groups excluding carboxylic acids is 2. The van der Waals surface area contributed by atoms with E-state index in [9.17, 15) is 9.59 Å². The molecule has 0 radical (unpaired) electrons. The van der Waals surface area contributed by atoms with Crippen molar-refractivity contribution in [1.29, 1.82) is 0 Å². The summed E-state index contributed by atoms with van der Waals surface area (Å²) < 4.78 is 5.33. The van der Waals surface area contributed by atoms with Crippen molar-refractivity contribution in [2.75, 3.05) is 44.7 Å². The predicted octanol–water partition coefficient (Wildman–Crippen LogP) is 3.49. The van der Waals surface area contributed by atoms with Gasteiger partial charge in [-0.25, -0.2) is 0 Å². The molecule has 2 aromatic rings. The standard InChI is InChI=1S/C22H22ClN3O3S/c23-17-4-2-1-3-15(17)14-20-22(28)25-18-13-16(5-6-19(18)30-20)21(27)24-7-8-26-9-11-29-12-10-26/h1-6,13-14H,7-12H2,(H,24,27)(H,25,28)/b20-14+. The van der Waals surface area contributed by atoms with Crippen LogP contribution in [-0.4, -0.2) is 56.1 Å². The Morgan fingerprint density at radius 2 is 2.03 bits per heavy atom. The molecule has 1 saturated heterocycles. The summed E-state index contributed by atoms with van der Waals surface area (Å²) in [5.41, 5.74) is 1.95. The molecule has 0 atom stereocenters. The number of morpholine rings is 1. The smallest absolute Gasteiger partial charge is 0.262 e. The second-order valence-electron chi connectivity index (χ2n) is 7.01. The summed E-state index contributed by atoms with van der Waals surface area (Å²) in [7, 11) is 0. The van der Waals surface area contributed by atoms with Crippen LogP contribution in [0.25, 0.3) is 6.08 Å². The summed E-state index contributed by atoms with van der Waals surface area (Å²) in [5, 5.41) is 6.42. The molecule has 2 aliphatic heterocycles. The Morgan fingerprint density at radius 3 is 2.83 bits per heavy atom. The lowest BCUT2D eigenvalue weighted by Gasteiger charge is -2.26. The molecule has 2 aromatic carbocycles. The Labute approximate surface area is 184 Å². The van der Waals surface area contributed by atoms with E-state index >= 15 is 0 Å². The van der Waals surface area contributed by atoms with Gasteiger partial charge in [0.15, 0.2) is 0 Å². The Kier molecular flexibility index (Phi) is 6.74. The van der Waals surface area contributed by atoms with Crippen LogP contribution in [-0.2, 0) is 9.53 Å². The van der Waals surface area contributed by atoms with E-state index in [0.717, 1.165) is 43.3 Å². The van der Waals surface area contributed by atoms with Crippen LogP contribution in [0, 0.1) is 0 Å². The summed E-state index contributed by atoms with van der Waals surface area (Å²) in [5.74, 6) is -0.361. The third kappa shape index (κ3) is 5.05. The van der Waals surface area contributed by atoms with Crippen LogP contribution in [0.3, 0.4) is 0 Å². The van der Waals surface area contributed by atoms with Gasteiger partial charge in [-0.2, -0.15) is 0 Å². The SMILES string of the molecule is O=C1Nc2cc(C(=O)NCCN3CCOCC3)ccc2S/C1=C/c1ccccc1Cl. The Morgan fingerprint density at radius 1 is 1.23 bits per heavy atom. The number of carbonyl (C=O) groups is 2. The number of hydrogen-bond donors (Lipinski definition) is 2. The first-order valence-corrected chi connectivity index (χ1v) is 11.0. The van der Waals surface area contributed by atoms with Gasteiger partial charge in [0.05, 0.1) is 23.8 Å². The normalized spacial score (nSPS) is 18.0. The van der Waals surface area contributed by atoms with Gasteiger partial charge in [-0.1, -0.05) is 41.6 Å². The van der Waals surface area contributed by atoms with E-state index in [2.05, 4.69) is 15.5 Å². The predicted molar refractivity (Wildman–Crippen MR) is 120 cm³/mol. The fourth-order valence-corrected chi connectivity index (χ4v) is 4.40. The number of rotatable bonds is 5. The lowest BCUT2D eigenvalue weighted by Crippen LogP contribution is -2.41. The van der Waals surface area contributed by atoms with Crippen molar-refractivity contribution in [2.24, 2.45) is 0 Å². The number of fused-ring (bicyclic) bond motifs is 1. The molecule has 0 unspecified atom stereocenters. The second kappa shape index (κ2) is 9.66. The van der Waals surface area contributed by atoms with Crippen LogP contribution in [0.15, 0.2) is 52.3 Å². The van der Waals surface area contributed by atoms with Crippen molar-refractivity contribution in [3.63, 3.8) is 0 Å². The number of nitrogens with one attached hydrogen (secondary N) is 2. The minimum absolute atomic E-state index is 0.150. The molecule has 0 bridgehead atoms. The molecule has 0 saturated carbocycles. The Bertz CT molecular complexity index is 989. The third-order valence-electron chi connectivity index (χ3n) is 4.94. The number of benzene rings is 2. The van der Waals surface area contributed by atoms with Crippen molar-refractivity contribution in [1.82, 2.24) is 10.2 Å². The van der Waals surface area contributed by atoms with Gasteiger partial charge < -0.3 is 15.4 Å². The maximum atomic E-state index is 12.5. The summed E-state index contributed by atoms with van der Waals surface area (Å²) in [6.45, 7) is 4.63. The van der Waals surface area contributed by atoms with Crippen LogP contribution in [0.2, 0.25) is 5.02 Å². The van der Waals surface area contributed by atoms with Gasteiger partial charge in [0.2, 0.25) is 0 Å². The minimum Gasteiger partial charge on any atom is -0.379 e. The van der Waals surface area contributed by atoms with Gasteiger partial charge in [0.25, 0.3) is 11.8 Å². The highest BCUT2D eigenvalue weighted by molar-refractivity contribution is 8.04. The van der Waals surface area contributed by atoms with Crippen molar-refractivity contribution in [3.8, 4) is 0 Å². The van der Waals surface area contributed by atoms with Gasteiger partial charge in [-0.15, -0.1) is 0 Å². The van der Waals surface area contributed by atoms with Crippen LogP contribution in [0.4, 0.5) is 5.69 Å². The summed E-state index contributed by atoms with van der Waals surface area (Å²) >= 11 is 7.56. The van der Waals surface area contributed by atoms with E-state index in [1.54, 1.807) is 24.3 Å². The number of anilines is 1. The average Bonchev–Trinajstić information content (AvgIpc) is 2.76. The molecule has 0 spiro atoms. The number of ether oxygens (including phenoxy) is 1. The van der Waals surface area contributed by atoms with Crippen LogP contribution < -0.4 is 10.6 Å². The molecule has 2 aliphatic rings. The molecule has 6 nitrogen and oxygen atoms in total. The van der Waals surface area contributed by atoms with Gasteiger partial charge in [0, 0.05) is 41.7 Å². The molecular weight excluding hydrogens is 422 g/mol. The van der Waals surface area contributed by atoms with E-state index in [0.29, 0.717) is 27.7 Å². The van der Waals surface area contributed by atoms with E-state index < -0.39 is 0 Å². The first-order valence-electron chi connectivity index (χ1n) is 9.78. The molecule has 1 fully saturated rings. The van der Waals surface area contributed by atoms with Gasteiger partial charge in [0.1, 0.15) is 0 Å². The molecule has 2 heterocycles. The molecule has 8 heteroatoms. The minimum atomic E-state index is -0.211. The summed E-state index contributed by atoms with van der Waals surface area (Å²) in [4.78, 5) is 28.7. The molecule has 2 amide bonds. The quantitative estimate of drug-likeness (QED) is 0.692.